The Labute approximate surface area is 156 Å². The van der Waals surface area contributed by atoms with Crippen molar-refractivity contribution in [2.45, 2.75) is 39.3 Å². The molecule has 0 aliphatic rings. The van der Waals surface area contributed by atoms with Gasteiger partial charge in [0.15, 0.2) is 0 Å². The molecule has 10 nitrogen and oxygen atoms in total. The molecule has 0 aliphatic heterocycles. The summed E-state index contributed by atoms with van der Waals surface area (Å²) in [7, 11) is 0. The zero-order valence-corrected chi connectivity index (χ0v) is 15.4. The number of nitro benzene ring substituents is 1. The lowest BCUT2D eigenvalue weighted by atomic mass is 10.0. The first-order valence-electron chi connectivity index (χ1n) is 8.39. The molecule has 1 aromatic rings. The van der Waals surface area contributed by atoms with Crippen LogP contribution in [0.5, 0.6) is 5.75 Å². The van der Waals surface area contributed by atoms with Crippen LogP contribution >= 0.6 is 0 Å². The molecule has 1 rings (SSSR count). The molecule has 0 fully saturated rings. The SMILES string of the molecule is CC(C)C[C@H](NC(=O)[C@H](C)N)C(=O)NCC(=O)Oc1ccc([N+](=O)[O-])cc1. The van der Waals surface area contributed by atoms with Crippen molar-refractivity contribution in [1.82, 2.24) is 10.6 Å². The molecule has 0 bridgehead atoms. The third-order valence-corrected chi connectivity index (χ3v) is 3.44. The number of hydrogen-bond donors (Lipinski definition) is 3. The first-order chi connectivity index (χ1) is 12.6. The Kier molecular flexibility index (Phi) is 8.34. The molecule has 0 saturated heterocycles. The topological polar surface area (TPSA) is 154 Å². The van der Waals surface area contributed by atoms with Gasteiger partial charge < -0.3 is 21.1 Å². The van der Waals surface area contributed by atoms with E-state index < -0.39 is 41.3 Å². The van der Waals surface area contributed by atoms with Gasteiger partial charge in [0.2, 0.25) is 11.8 Å². The monoisotopic (exact) mass is 380 g/mol. The normalized spacial score (nSPS) is 12.8. The minimum atomic E-state index is -0.823. The Balaban J connectivity index is 2.59. The molecule has 0 heterocycles. The van der Waals surface area contributed by atoms with Crippen molar-refractivity contribution in [2.75, 3.05) is 6.54 Å². The number of nitro groups is 1. The van der Waals surface area contributed by atoms with Crippen molar-refractivity contribution < 1.29 is 24.0 Å². The second kappa shape index (κ2) is 10.2. The molecule has 1 aromatic carbocycles. The van der Waals surface area contributed by atoms with Gasteiger partial charge in [-0.2, -0.15) is 0 Å². The van der Waals surface area contributed by atoms with Crippen LogP contribution in [0.2, 0.25) is 0 Å². The number of carbonyl (C=O) groups excluding carboxylic acids is 3. The first-order valence-corrected chi connectivity index (χ1v) is 8.39. The molecular weight excluding hydrogens is 356 g/mol. The number of non-ortho nitro benzene ring substituents is 1. The van der Waals surface area contributed by atoms with Crippen LogP contribution in [0.3, 0.4) is 0 Å². The molecule has 0 unspecified atom stereocenters. The van der Waals surface area contributed by atoms with Crippen LogP contribution in [0, 0.1) is 16.0 Å². The molecule has 10 heteroatoms. The number of amides is 2. The second-order valence-corrected chi connectivity index (χ2v) is 6.42. The number of nitrogens with one attached hydrogen (secondary N) is 2. The average molecular weight is 380 g/mol. The lowest BCUT2D eigenvalue weighted by Crippen LogP contribution is -2.52. The van der Waals surface area contributed by atoms with Crippen LogP contribution in [-0.4, -0.2) is 41.3 Å². The maximum Gasteiger partial charge on any atom is 0.330 e. The molecule has 2 amide bonds. The average Bonchev–Trinajstić information content (AvgIpc) is 2.58. The van der Waals surface area contributed by atoms with Crippen molar-refractivity contribution in [1.29, 1.82) is 0 Å². The standard InChI is InChI=1S/C17H24N4O6/c1-10(2)8-14(20-16(23)11(3)18)17(24)19-9-15(22)27-13-6-4-12(5-7-13)21(25)26/h4-7,10-11,14H,8-9,18H2,1-3H3,(H,19,24)(H,20,23)/t11-,14-/m0/s1. The highest BCUT2D eigenvalue weighted by Gasteiger charge is 2.23. The molecule has 0 aliphatic carbocycles. The predicted octanol–water partition coefficient (Wildman–Crippen LogP) is 0.495. The first kappa shape index (κ1) is 22.0. The molecular formula is C17H24N4O6. The van der Waals surface area contributed by atoms with Gasteiger partial charge in [0.05, 0.1) is 11.0 Å². The highest BCUT2D eigenvalue weighted by atomic mass is 16.6. The van der Waals surface area contributed by atoms with Gasteiger partial charge in [0.1, 0.15) is 18.3 Å². The maximum atomic E-state index is 12.3. The third kappa shape index (κ3) is 7.82. The van der Waals surface area contributed by atoms with Crippen molar-refractivity contribution in [3.8, 4) is 5.75 Å². The van der Waals surface area contributed by atoms with Crippen LogP contribution in [0.1, 0.15) is 27.2 Å². The molecule has 0 saturated carbocycles. The van der Waals surface area contributed by atoms with E-state index in [1.54, 1.807) is 0 Å². The number of ether oxygens (including phenoxy) is 1. The highest BCUT2D eigenvalue weighted by molar-refractivity contribution is 5.91. The number of esters is 1. The highest BCUT2D eigenvalue weighted by Crippen LogP contribution is 2.17. The van der Waals surface area contributed by atoms with E-state index >= 15 is 0 Å². The van der Waals surface area contributed by atoms with E-state index in [0.29, 0.717) is 6.42 Å². The Morgan fingerprint density at radius 2 is 1.74 bits per heavy atom. The van der Waals surface area contributed by atoms with Crippen LogP contribution in [0.15, 0.2) is 24.3 Å². The van der Waals surface area contributed by atoms with Crippen molar-refractivity contribution >= 4 is 23.5 Å². The summed E-state index contributed by atoms with van der Waals surface area (Å²) in [6, 6.07) is 3.37. The summed E-state index contributed by atoms with van der Waals surface area (Å²) in [6.07, 6.45) is 0.377. The summed E-state index contributed by atoms with van der Waals surface area (Å²) in [5.41, 5.74) is 5.36. The minimum absolute atomic E-state index is 0.115. The van der Waals surface area contributed by atoms with Crippen molar-refractivity contribution in [2.24, 2.45) is 11.7 Å². The quantitative estimate of drug-likeness (QED) is 0.244. The van der Waals surface area contributed by atoms with E-state index in [1.165, 1.54) is 31.2 Å². The zero-order chi connectivity index (χ0) is 20.6. The third-order valence-electron chi connectivity index (χ3n) is 3.44. The molecule has 4 N–H and O–H groups in total. The van der Waals surface area contributed by atoms with E-state index in [-0.39, 0.29) is 17.4 Å². The second-order valence-electron chi connectivity index (χ2n) is 6.42. The number of rotatable bonds is 9. The Bertz CT molecular complexity index is 687. The number of carbonyl (C=O) groups is 3. The molecule has 0 aromatic heterocycles. The number of benzene rings is 1. The van der Waals surface area contributed by atoms with Crippen molar-refractivity contribution in [3.05, 3.63) is 34.4 Å². The van der Waals surface area contributed by atoms with E-state index in [1.807, 2.05) is 13.8 Å². The summed E-state index contributed by atoms with van der Waals surface area (Å²) >= 11 is 0. The van der Waals surface area contributed by atoms with Crippen LogP contribution in [-0.2, 0) is 14.4 Å². The largest absolute Gasteiger partial charge is 0.425 e. The molecule has 0 spiro atoms. The molecule has 27 heavy (non-hydrogen) atoms. The van der Waals surface area contributed by atoms with Gasteiger partial charge in [0.25, 0.3) is 5.69 Å². The summed E-state index contributed by atoms with van der Waals surface area (Å²) in [5.74, 6) is -1.51. The van der Waals surface area contributed by atoms with Crippen LogP contribution in [0.4, 0.5) is 5.69 Å². The number of nitrogens with two attached hydrogens (primary N) is 1. The van der Waals surface area contributed by atoms with E-state index in [9.17, 15) is 24.5 Å². The molecule has 0 radical (unpaired) electrons. The minimum Gasteiger partial charge on any atom is -0.425 e. The van der Waals surface area contributed by atoms with Crippen molar-refractivity contribution in [3.63, 3.8) is 0 Å². The summed E-state index contributed by atoms with van der Waals surface area (Å²) in [6.45, 7) is 4.86. The summed E-state index contributed by atoms with van der Waals surface area (Å²) in [5, 5.41) is 15.5. The van der Waals surface area contributed by atoms with E-state index in [2.05, 4.69) is 10.6 Å². The zero-order valence-electron chi connectivity index (χ0n) is 15.4. The van der Waals surface area contributed by atoms with Gasteiger partial charge in [0, 0.05) is 12.1 Å². The Morgan fingerprint density at radius 1 is 1.15 bits per heavy atom. The Hall–Kier alpha value is -3.01. The van der Waals surface area contributed by atoms with Gasteiger partial charge in [-0.25, -0.2) is 4.79 Å². The fourth-order valence-corrected chi connectivity index (χ4v) is 2.09. The van der Waals surface area contributed by atoms with E-state index in [0.717, 1.165) is 0 Å². The fourth-order valence-electron chi connectivity index (χ4n) is 2.09. The van der Waals surface area contributed by atoms with Gasteiger partial charge >= 0.3 is 5.97 Å². The number of hydrogen-bond acceptors (Lipinski definition) is 7. The molecule has 148 valence electrons. The van der Waals surface area contributed by atoms with Crippen LogP contribution in [0.25, 0.3) is 0 Å². The maximum absolute atomic E-state index is 12.3. The lowest BCUT2D eigenvalue weighted by molar-refractivity contribution is -0.384. The summed E-state index contributed by atoms with van der Waals surface area (Å²) in [4.78, 5) is 45.8. The smallest absolute Gasteiger partial charge is 0.330 e. The predicted molar refractivity (Wildman–Crippen MR) is 96.8 cm³/mol. The molecule has 2 atom stereocenters. The van der Waals surface area contributed by atoms with Crippen LogP contribution < -0.4 is 21.1 Å². The van der Waals surface area contributed by atoms with Gasteiger partial charge in [-0.3, -0.25) is 19.7 Å². The Morgan fingerprint density at radius 3 is 2.22 bits per heavy atom. The fraction of sp³-hybridized carbons (Fsp3) is 0.471. The van der Waals surface area contributed by atoms with Gasteiger partial charge in [-0.15, -0.1) is 0 Å². The van der Waals surface area contributed by atoms with Gasteiger partial charge in [-0.1, -0.05) is 13.8 Å². The lowest BCUT2D eigenvalue weighted by Gasteiger charge is -2.21. The summed E-state index contributed by atoms with van der Waals surface area (Å²) < 4.78 is 5.00. The number of nitrogens with zero attached hydrogens (tertiary/aromatic N) is 1. The van der Waals surface area contributed by atoms with E-state index in [4.69, 9.17) is 10.5 Å². The van der Waals surface area contributed by atoms with Gasteiger partial charge in [-0.05, 0) is 31.4 Å².